The molecule has 3 aromatic heterocycles. The third-order valence-electron chi connectivity index (χ3n) is 12.3. The molecule has 3 heterocycles. The van der Waals surface area contributed by atoms with Crippen molar-refractivity contribution in [3.8, 4) is 27.9 Å². The zero-order chi connectivity index (χ0) is 42.7. The molecular weight excluding hydrogens is 799 g/mol. The summed E-state index contributed by atoms with van der Waals surface area (Å²) in [7, 11) is 0. The lowest BCUT2D eigenvalue weighted by molar-refractivity contribution is 0.669. The molecule has 0 fully saturated rings. The van der Waals surface area contributed by atoms with Gasteiger partial charge in [-0.3, -0.25) is 0 Å². The van der Waals surface area contributed by atoms with Crippen LogP contribution in [0.4, 0.5) is 0 Å². The van der Waals surface area contributed by atoms with Crippen LogP contribution in [0.2, 0.25) is 0 Å². The highest BCUT2D eigenvalue weighted by Crippen LogP contribution is 2.42. The molecule has 64 heavy (non-hydrogen) atoms. The lowest BCUT2D eigenvalue weighted by Gasteiger charge is -2.11. The first-order valence-corrected chi connectivity index (χ1v) is 22.3. The summed E-state index contributed by atoms with van der Waals surface area (Å²) in [4.78, 5) is 10.7. The first kappa shape index (κ1) is 37.6. The predicted molar refractivity (Wildman–Crippen MR) is 272 cm³/mol. The first-order valence-electron chi connectivity index (χ1n) is 21.5. The van der Waals surface area contributed by atoms with Crippen molar-refractivity contribution in [1.29, 1.82) is 0 Å². The van der Waals surface area contributed by atoms with Crippen molar-refractivity contribution in [2.75, 3.05) is 0 Å². The predicted octanol–water partition coefficient (Wildman–Crippen LogP) is 16.3. The molecule has 5 heteroatoms. The Morgan fingerprint density at radius 2 is 1.12 bits per heavy atom. The number of benzene rings is 9. The largest absolute Gasteiger partial charge is 0.456 e. The molecule has 0 saturated heterocycles. The van der Waals surface area contributed by atoms with E-state index in [9.17, 15) is 0 Å². The Morgan fingerprint density at radius 3 is 1.91 bits per heavy atom. The van der Waals surface area contributed by atoms with Gasteiger partial charge in [0.1, 0.15) is 11.2 Å². The van der Waals surface area contributed by atoms with Crippen molar-refractivity contribution in [2.45, 2.75) is 6.92 Å². The highest BCUT2D eigenvalue weighted by molar-refractivity contribution is 7.25. The molecule has 0 N–H and O–H groups in total. The molecule has 0 amide bonds. The molecule has 4 nitrogen and oxygen atoms in total. The quantitative estimate of drug-likeness (QED) is 0.116. The van der Waals surface area contributed by atoms with E-state index in [1.807, 2.05) is 24.3 Å². The Labute approximate surface area is 374 Å². The monoisotopic (exact) mass is 837 g/mol. The number of aliphatic imine (C=N–C) groups is 2. The number of nitrogens with zero attached hydrogens (tertiary/aromatic N) is 3. The average Bonchev–Trinajstić information content (AvgIpc) is 4.02. The van der Waals surface area contributed by atoms with Gasteiger partial charge in [0.05, 0.1) is 16.7 Å². The number of hydrogen-bond donors (Lipinski definition) is 0. The number of amidine groups is 1. The Hall–Kier alpha value is -8.12. The number of furan rings is 1. The third-order valence-corrected chi connectivity index (χ3v) is 13.5. The summed E-state index contributed by atoms with van der Waals surface area (Å²) in [6.07, 6.45) is 0. The minimum Gasteiger partial charge on any atom is -0.456 e. The zero-order valence-corrected chi connectivity index (χ0v) is 35.8. The van der Waals surface area contributed by atoms with E-state index in [2.05, 4.69) is 200 Å². The fourth-order valence-corrected chi connectivity index (χ4v) is 10.4. The third kappa shape index (κ3) is 6.45. The van der Waals surface area contributed by atoms with Gasteiger partial charge in [-0.25, -0.2) is 9.98 Å². The second-order valence-corrected chi connectivity index (χ2v) is 17.3. The van der Waals surface area contributed by atoms with Crippen LogP contribution in [0.25, 0.3) is 97.6 Å². The summed E-state index contributed by atoms with van der Waals surface area (Å²) in [5, 5.41) is 6.94. The number of hydrogen-bond acceptors (Lipinski definition) is 3. The standard InChI is InChI=1S/C59H39N3OS/c1-37(41-20-13-21-42(32-41)39-16-5-3-6-17-39)60-59(44-23-14-22-43(33-44)40-18-7-4-8-19-40)61-38(2)46-26-15-29-57-58(46)51-34-45(30-31-56(51)64-57)62-52-27-11-9-24-47(52)49-35-50-48-25-10-12-28-54(48)63-55(50)36-53(49)62/h3-36H,2H2,1H3. The second kappa shape index (κ2) is 15.3. The maximum atomic E-state index is 6.43. The molecule has 12 aromatic rings. The van der Waals surface area contributed by atoms with Crippen LogP contribution in [-0.4, -0.2) is 16.1 Å². The average molecular weight is 838 g/mol. The van der Waals surface area contributed by atoms with Crippen LogP contribution in [-0.2, 0) is 0 Å². The van der Waals surface area contributed by atoms with Crippen LogP contribution in [0, 0.1) is 0 Å². The van der Waals surface area contributed by atoms with E-state index in [1.54, 1.807) is 11.3 Å². The molecule has 0 atom stereocenters. The highest BCUT2D eigenvalue weighted by Gasteiger charge is 2.19. The summed E-state index contributed by atoms with van der Waals surface area (Å²) in [5.41, 5.74) is 14.1. The van der Waals surface area contributed by atoms with Gasteiger partial charge >= 0.3 is 0 Å². The van der Waals surface area contributed by atoms with Crippen LogP contribution in [0.15, 0.2) is 227 Å². The van der Waals surface area contributed by atoms with E-state index in [0.717, 1.165) is 94.1 Å². The van der Waals surface area contributed by atoms with Crippen molar-refractivity contribution in [3.63, 3.8) is 0 Å². The Kier molecular flexibility index (Phi) is 9.02. The van der Waals surface area contributed by atoms with Crippen LogP contribution < -0.4 is 0 Å². The van der Waals surface area contributed by atoms with Crippen LogP contribution in [0.5, 0.6) is 0 Å². The first-order chi connectivity index (χ1) is 31.5. The molecule has 12 rings (SSSR count). The number of rotatable bonds is 7. The van der Waals surface area contributed by atoms with Gasteiger partial charge in [0, 0.05) is 70.3 Å². The Balaban J connectivity index is 1.01. The highest BCUT2D eigenvalue weighted by atomic mass is 32.1. The summed E-state index contributed by atoms with van der Waals surface area (Å²) in [6.45, 7) is 6.74. The smallest absolute Gasteiger partial charge is 0.160 e. The Morgan fingerprint density at radius 1 is 0.469 bits per heavy atom. The number of thiophene rings is 1. The maximum absolute atomic E-state index is 6.43. The SMILES string of the molecule is C=C(N=C(N=C(C)c1cccc(-c2ccccc2)c1)c1cccc(-c2ccccc2)c1)c1cccc2sc3ccc(-n4c5ccccc5c5cc6c(cc54)oc4ccccc46)cc3c12. The van der Waals surface area contributed by atoms with Gasteiger partial charge in [-0.1, -0.05) is 152 Å². The number of fused-ring (bicyclic) bond motifs is 9. The van der Waals surface area contributed by atoms with Crippen LogP contribution in [0.1, 0.15) is 23.6 Å². The molecule has 9 aromatic carbocycles. The molecule has 0 aliphatic heterocycles. The summed E-state index contributed by atoms with van der Waals surface area (Å²) >= 11 is 1.79. The minimum absolute atomic E-state index is 0.602. The summed E-state index contributed by atoms with van der Waals surface area (Å²) in [6, 6.07) is 72.7. The lowest BCUT2D eigenvalue weighted by Crippen LogP contribution is -2.05. The zero-order valence-electron chi connectivity index (χ0n) is 35.0. The Bertz CT molecular complexity index is 3870. The fraction of sp³-hybridized carbons (Fsp3) is 0.0169. The van der Waals surface area contributed by atoms with E-state index >= 15 is 0 Å². The molecule has 0 aliphatic carbocycles. The van der Waals surface area contributed by atoms with Gasteiger partial charge in [-0.2, -0.15) is 0 Å². The lowest BCUT2D eigenvalue weighted by atomic mass is 10.0. The molecular formula is C59H39N3OS. The van der Waals surface area contributed by atoms with Gasteiger partial charge in [-0.15, -0.1) is 11.3 Å². The topological polar surface area (TPSA) is 42.8 Å². The molecule has 0 unspecified atom stereocenters. The summed E-state index contributed by atoms with van der Waals surface area (Å²) in [5.74, 6) is 0.602. The van der Waals surface area contributed by atoms with Gasteiger partial charge in [0.15, 0.2) is 5.84 Å². The van der Waals surface area contributed by atoms with E-state index in [0.29, 0.717) is 11.5 Å². The van der Waals surface area contributed by atoms with Crippen molar-refractivity contribution in [1.82, 2.24) is 4.57 Å². The van der Waals surface area contributed by atoms with E-state index in [-0.39, 0.29) is 0 Å². The van der Waals surface area contributed by atoms with Crippen molar-refractivity contribution in [3.05, 3.63) is 230 Å². The van der Waals surface area contributed by atoms with E-state index in [4.69, 9.17) is 14.4 Å². The van der Waals surface area contributed by atoms with Crippen LogP contribution >= 0.6 is 11.3 Å². The van der Waals surface area contributed by atoms with E-state index in [1.165, 1.54) is 20.2 Å². The molecule has 0 saturated carbocycles. The normalized spacial score (nSPS) is 12.4. The fourth-order valence-electron chi connectivity index (χ4n) is 9.25. The van der Waals surface area contributed by atoms with Gasteiger partial charge in [0.25, 0.3) is 0 Å². The van der Waals surface area contributed by atoms with Crippen molar-refractivity contribution < 1.29 is 4.42 Å². The summed E-state index contributed by atoms with van der Waals surface area (Å²) < 4.78 is 11.2. The van der Waals surface area contributed by atoms with Crippen molar-refractivity contribution >= 4 is 92.5 Å². The van der Waals surface area contributed by atoms with Crippen molar-refractivity contribution in [2.24, 2.45) is 9.98 Å². The number of aromatic nitrogens is 1. The van der Waals surface area contributed by atoms with Gasteiger partial charge < -0.3 is 8.98 Å². The number of para-hydroxylation sites is 2. The molecule has 302 valence electrons. The minimum atomic E-state index is 0.602. The maximum Gasteiger partial charge on any atom is 0.160 e. The van der Waals surface area contributed by atoms with Gasteiger partial charge in [0.2, 0.25) is 0 Å². The second-order valence-electron chi connectivity index (χ2n) is 16.3. The molecule has 0 radical (unpaired) electrons. The van der Waals surface area contributed by atoms with E-state index < -0.39 is 0 Å². The molecule has 0 bridgehead atoms. The van der Waals surface area contributed by atoms with Crippen LogP contribution in [0.3, 0.4) is 0 Å². The molecule has 0 spiro atoms. The molecule has 0 aliphatic rings. The van der Waals surface area contributed by atoms with Gasteiger partial charge in [-0.05, 0) is 89.3 Å².